The third-order valence-corrected chi connectivity index (χ3v) is 5.23. The number of rotatable bonds is 4. The molecular weight excluding hydrogens is 276 g/mol. The van der Waals surface area contributed by atoms with Crippen LogP contribution in [0.2, 0.25) is 0 Å². The number of hydrogen-bond donors (Lipinski definition) is 0. The van der Waals surface area contributed by atoms with Crippen LogP contribution >= 0.6 is 0 Å². The lowest BCUT2D eigenvalue weighted by molar-refractivity contribution is -0.00590. The lowest BCUT2D eigenvalue weighted by Crippen LogP contribution is -2.63. The first-order chi connectivity index (χ1) is 10.9. The SMILES string of the molecule is c1ccc(N2CCN(C3CN(CC4CCCO4)C3)CC2)nc1. The van der Waals surface area contributed by atoms with Crippen molar-refractivity contribution in [3.8, 4) is 0 Å². The minimum atomic E-state index is 0.502. The second kappa shape index (κ2) is 6.52. The van der Waals surface area contributed by atoms with E-state index in [0.29, 0.717) is 6.10 Å². The molecule has 0 spiro atoms. The second-order valence-corrected chi connectivity index (χ2v) is 6.72. The molecule has 5 nitrogen and oxygen atoms in total. The van der Waals surface area contributed by atoms with Crippen LogP contribution in [0.15, 0.2) is 24.4 Å². The molecule has 1 atom stereocenters. The van der Waals surface area contributed by atoms with Crippen LogP contribution in [0.1, 0.15) is 12.8 Å². The maximum Gasteiger partial charge on any atom is 0.128 e. The zero-order valence-electron chi connectivity index (χ0n) is 13.2. The van der Waals surface area contributed by atoms with Gasteiger partial charge in [-0.3, -0.25) is 9.80 Å². The van der Waals surface area contributed by atoms with E-state index >= 15 is 0 Å². The van der Waals surface area contributed by atoms with E-state index in [1.165, 1.54) is 25.9 Å². The van der Waals surface area contributed by atoms with Crippen molar-refractivity contribution in [3.63, 3.8) is 0 Å². The Hall–Kier alpha value is -1.17. The van der Waals surface area contributed by atoms with Crippen LogP contribution in [-0.4, -0.2) is 79.3 Å². The summed E-state index contributed by atoms with van der Waals surface area (Å²) in [6, 6.07) is 6.93. The Bertz CT molecular complexity index is 463. The van der Waals surface area contributed by atoms with E-state index < -0.39 is 0 Å². The number of aromatic nitrogens is 1. The Kier molecular flexibility index (Phi) is 4.28. The summed E-state index contributed by atoms with van der Waals surface area (Å²) in [5, 5.41) is 0. The van der Waals surface area contributed by atoms with Gasteiger partial charge in [0.15, 0.2) is 0 Å². The summed E-state index contributed by atoms with van der Waals surface area (Å²) < 4.78 is 5.73. The monoisotopic (exact) mass is 302 g/mol. The predicted octanol–water partition coefficient (Wildman–Crippen LogP) is 1.07. The van der Waals surface area contributed by atoms with Crippen molar-refractivity contribution in [3.05, 3.63) is 24.4 Å². The topological polar surface area (TPSA) is 31.8 Å². The van der Waals surface area contributed by atoms with E-state index in [0.717, 1.165) is 51.2 Å². The lowest BCUT2D eigenvalue weighted by atomic mass is 10.0. The summed E-state index contributed by atoms with van der Waals surface area (Å²) in [6.07, 6.45) is 4.89. The first kappa shape index (κ1) is 14.4. The molecule has 0 N–H and O–H groups in total. The van der Waals surface area contributed by atoms with Gasteiger partial charge >= 0.3 is 0 Å². The van der Waals surface area contributed by atoms with Crippen LogP contribution < -0.4 is 4.90 Å². The average molecular weight is 302 g/mol. The van der Waals surface area contributed by atoms with E-state index in [4.69, 9.17) is 4.74 Å². The van der Waals surface area contributed by atoms with Crippen LogP contribution in [0, 0.1) is 0 Å². The fraction of sp³-hybridized carbons (Fsp3) is 0.706. The minimum Gasteiger partial charge on any atom is -0.377 e. The molecule has 1 unspecified atom stereocenters. The largest absolute Gasteiger partial charge is 0.377 e. The molecule has 0 amide bonds. The van der Waals surface area contributed by atoms with Gasteiger partial charge in [-0.2, -0.15) is 0 Å². The highest BCUT2D eigenvalue weighted by molar-refractivity contribution is 5.38. The van der Waals surface area contributed by atoms with Crippen LogP contribution in [0.25, 0.3) is 0 Å². The molecule has 22 heavy (non-hydrogen) atoms. The molecule has 3 fully saturated rings. The molecule has 3 saturated heterocycles. The Morgan fingerprint density at radius 1 is 1.14 bits per heavy atom. The van der Waals surface area contributed by atoms with Crippen molar-refractivity contribution in [1.82, 2.24) is 14.8 Å². The molecule has 1 aromatic heterocycles. The zero-order chi connectivity index (χ0) is 14.8. The molecule has 120 valence electrons. The van der Waals surface area contributed by atoms with Gasteiger partial charge in [0.25, 0.3) is 0 Å². The fourth-order valence-electron chi connectivity index (χ4n) is 3.86. The molecule has 0 radical (unpaired) electrons. The van der Waals surface area contributed by atoms with E-state index in [9.17, 15) is 0 Å². The molecule has 0 saturated carbocycles. The number of hydrogen-bond acceptors (Lipinski definition) is 5. The quantitative estimate of drug-likeness (QED) is 0.830. The Labute approximate surface area is 132 Å². The summed E-state index contributed by atoms with van der Waals surface area (Å²) >= 11 is 0. The Balaban J connectivity index is 1.20. The van der Waals surface area contributed by atoms with Gasteiger partial charge in [-0.25, -0.2) is 4.98 Å². The summed E-state index contributed by atoms with van der Waals surface area (Å²) in [5.41, 5.74) is 0. The van der Waals surface area contributed by atoms with Gasteiger partial charge in [-0.15, -0.1) is 0 Å². The van der Waals surface area contributed by atoms with E-state index in [1.54, 1.807) is 0 Å². The van der Waals surface area contributed by atoms with Crippen molar-refractivity contribution < 1.29 is 4.74 Å². The van der Waals surface area contributed by atoms with Gasteiger partial charge in [0, 0.05) is 64.7 Å². The Morgan fingerprint density at radius 3 is 2.68 bits per heavy atom. The summed E-state index contributed by atoms with van der Waals surface area (Å²) in [4.78, 5) is 12.1. The van der Waals surface area contributed by atoms with Crippen LogP contribution in [-0.2, 0) is 4.74 Å². The summed E-state index contributed by atoms with van der Waals surface area (Å²) in [7, 11) is 0. The average Bonchev–Trinajstić information content (AvgIpc) is 3.05. The third kappa shape index (κ3) is 3.12. The first-order valence-electron chi connectivity index (χ1n) is 8.62. The van der Waals surface area contributed by atoms with Gasteiger partial charge < -0.3 is 9.64 Å². The standard InChI is InChI=1S/C17H26N4O/c1-2-6-18-17(5-1)21-9-7-20(8-10-21)15-12-19(13-15)14-16-4-3-11-22-16/h1-2,5-6,15-16H,3-4,7-14H2. The van der Waals surface area contributed by atoms with Gasteiger partial charge in [-0.05, 0) is 25.0 Å². The smallest absolute Gasteiger partial charge is 0.128 e. The number of nitrogens with zero attached hydrogens (tertiary/aromatic N) is 4. The number of likely N-dealkylation sites (tertiary alicyclic amines) is 1. The van der Waals surface area contributed by atoms with Crippen LogP contribution in [0.4, 0.5) is 5.82 Å². The van der Waals surface area contributed by atoms with Crippen molar-refractivity contribution in [2.24, 2.45) is 0 Å². The number of anilines is 1. The molecule has 4 rings (SSSR count). The maximum atomic E-state index is 5.73. The van der Waals surface area contributed by atoms with Crippen molar-refractivity contribution in [1.29, 1.82) is 0 Å². The highest BCUT2D eigenvalue weighted by Crippen LogP contribution is 2.21. The summed E-state index contributed by atoms with van der Waals surface area (Å²) in [6.45, 7) is 9.08. The summed E-state index contributed by atoms with van der Waals surface area (Å²) in [5.74, 6) is 1.12. The van der Waals surface area contributed by atoms with E-state index in [-0.39, 0.29) is 0 Å². The van der Waals surface area contributed by atoms with Crippen molar-refractivity contribution in [2.45, 2.75) is 25.0 Å². The van der Waals surface area contributed by atoms with Crippen molar-refractivity contribution in [2.75, 3.05) is 57.3 Å². The third-order valence-electron chi connectivity index (χ3n) is 5.23. The molecule has 0 aromatic carbocycles. The highest BCUT2D eigenvalue weighted by Gasteiger charge is 2.35. The molecule has 3 aliphatic heterocycles. The molecule has 5 heteroatoms. The molecular formula is C17H26N4O. The normalized spacial score (nSPS) is 28.0. The minimum absolute atomic E-state index is 0.502. The van der Waals surface area contributed by atoms with Gasteiger partial charge in [0.2, 0.25) is 0 Å². The van der Waals surface area contributed by atoms with Gasteiger partial charge in [-0.1, -0.05) is 6.07 Å². The van der Waals surface area contributed by atoms with E-state index in [1.807, 2.05) is 12.3 Å². The van der Waals surface area contributed by atoms with Crippen LogP contribution in [0.3, 0.4) is 0 Å². The van der Waals surface area contributed by atoms with E-state index in [2.05, 4.69) is 31.8 Å². The molecule has 1 aromatic rings. The van der Waals surface area contributed by atoms with Gasteiger partial charge in [0.1, 0.15) is 5.82 Å². The maximum absolute atomic E-state index is 5.73. The molecule has 3 aliphatic rings. The van der Waals surface area contributed by atoms with Gasteiger partial charge in [0.05, 0.1) is 6.10 Å². The number of ether oxygens (including phenoxy) is 1. The number of pyridine rings is 1. The fourth-order valence-corrected chi connectivity index (χ4v) is 3.86. The predicted molar refractivity (Wildman–Crippen MR) is 87.2 cm³/mol. The second-order valence-electron chi connectivity index (χ2n) is 6.72. The highest BCUT2D eigenvalue weighted by atomic mass is 16.5. The lowest BCUT2D eigenvalue weighted by Gasteiger charge is -2.48. The van der Waals surface area contributed by atoms with Crippen LogP contribution in [0.5, 0.6) is 0 Å². The first-order valence-corrected chi connectivity index (χ1v) is 8.62. The Morgan fingerprint density at radius 2 is 2.00 bits per heavy atom. The van der Waals surface area contributed by atoms with Crippen molar-refractivity contribution >= 4 is 5.82 Å². The number of piperazine rings is 1. The zero-order valence-corrected chi connectivity index (χ0v) is 13.2. The molecule has 0 bridgehead atoms. The molecule has 4 heterocycles. The molecule has 0 aliphatic carbocycles.